The molecule has 0 saturated carbocycles. The molecular weight excluding hydrogens is 444 g/mol. The number of imide groups is 2. The van der Waals surface area contributed by atoms with Crippen molar-refractivity contribution in [3.8, 4) is 0 Å². The average molecular weight is 464 g/mol. The molecule has 2 aromatic rings. The number of nitrogens with zero attached hydrogens (tertiary/aromatic N) is 2. The summed E-state index contributed by atoms with van der Waals surface area (Å²) in [5.41, 5.74) is 0.579. The fourth-order valence-electron chi connectivity index (χ4n) is 4.27. The number of ether oxygens (including phenoxy) is 2. The number of hydrogen-bond donors (Lipinski definition) is 0. The maximum atomic E-state index is 12.9. The number of carbonyl (C=O) groups excluding carboxylic acids is 6. The summed E-state index contributed by atoms with van der Waals surface area (Å²) >= 11 is 0. The Morgan fingerprint density at radius 3 is 1.12 bits per heavy atom. The van der Waals surface area contributed by atoms with Crippen LogP contribution < -0.4 is 0 Å². The van der Waals surface area contributed by atoms with Crippen LogP contribution in [0.3, 0.4) is 0 Å². The summed E-state index contributed by atoms with van der Waals surface area (Å²) in [6, 6.07) is 9.51. The fourth-order valence-corrected chi connectivity index (χ4v) is 4.27. The second-order valence-electron chi connectivity index (χ2n) is 7.71. The molecule has 0 aliphatic carbocycles. The normalized spacial score (nSPS) is 16.3. The number of benzene rings is 2. The standard InChI is InChI=1S/C24H20N2O8/c1-33-23(31)17(25-19(27)13-7-3-4-8-14(13)20(25)28)11-12-18(24(32)34-2)26-21(29)15-9-5-6-10-16(15)22(26)30/h3-10,17-18H,11-12H2,1-2H3. The monoisotopic (exact) mass is 464 g/mol. The molecule has 34 heavy (non-hydrogen) atoms. The lowest BCUT2D eigenvalue weighted by Crippen LogP contribution is -2.49. The van der Waals surface area contributed by atoms with Gasteiger partial charge >= 0.3 is 11.9 Å². The first-order valence-electron chi connectivity index (χ1n) is 10.4. The molecule has 2 atom stereocenters. The van der Waals surface area contributed by atoms with Crippen molar-refractivity contribution < 1.29 is 38.2 Å². The number of carbonyl (C=O) groups is 6. The van der Waals surface area contributed by atoms with Crippen molar-refractivity contribution >= 4 is 35.6 Å². The van der Waals surface area contributed by atoms with Crippen LogP contribution in [0.5, 0.6) is 0 Å². The first-order chi connectivity index (χ1) is 16.3. The average Bonchev–Trinajstić information content (AvgIpc) is 3.26. The highest BCUT2D eigenvalue weighted by atomic mass is 16.5. The van der Waals surface area contributed by atoms with E-state index in [0.29, 0.717) is 0 Å². The summed E-state index contributed by atoms with van der Waals surface area (Å²) < 4.78 is 9.62. The molecule has 10 heteroatoms. The molecule has 0 spiro atoms. The van der Waals surface area contributed by atoms with Gasteiger partial charge in [0.05, 0.1) is 36.5 Å². The summed E-state index contributed by atoms with van der Waals surface area (Å²) in [5.74, 6) is -4.45. The smallest absolute Gasteiger partial charge is 0.329 e. The van der Waals surface area contributed by atoms with Gasteiger partial charge in [0, 0.05) is 0 Å². The Balaban J connectivity index is 1.62. The first kappa shape index (κ1) is 22.8. The van der Waals surface area contributed by atoms with Crippen molar-refractivity contribution in [2.75, 3.05) is 14.2 Å². The molecule has 0 saturated heterocycles. The van der Waals surface area contributed by atoms with E-state index in [9.17, 15) is 28.8 Å². The van der Waals surface area contributed by atoms with E-state index >= 15 is 0 Å². The second-order valence-corrected chi connectivity index (χ2v) is 7.71. The van der Waals surface area contributed by atoms with Crippen molar-refractivity contribution in [2.24, 2.45) is 0 Å². The molecule has 2 aliphatic heterocycles. The van der Waals surface area contributed by atoms with E-state index in [-0.39, 0.29) is 35.1 Å². The number of amides is 4. The largest absolute Gasteiger partial charge is 0.467 e. The molecular formula is C24H20N2O8. The Bertz CT molecular complexity index is 1070. The number of hydrogen-bond acceptors (Lipinski definition) is 8. The van der Waals surface area contributed by atoms with E-state index in [1.807, 2.05) is 0 Å². The van der Waals surface area contributed by atoms with Crippen LogP contribution in [0.25, 0.3) is 0 Å². The van der Waals surface area contributed by atoms with E-state index in [1.54, 1.807) is 24.3 Å². The summed E-state index contributed by atoms with van der Waals surface area (Å²) in [7, 11) is 2.21. The van der Waals surface area contributed by atoms with Gasteiger partial charge in [0.15, 0.2) is 0 Å². The molecule has 0 N–H and O–H groups in total. The van der Waals surface area contributed by atoms with Crippen LogP contribution in [0.15, 0.2) is 48.5 Å². The summed E-state index contributed by atoms with van der Waals surface area (Å²) in [5, 5.41) is 0. The van der Waals surface area contributed by atoms with Crippen LogP contribution in [0.2, 0.25) is 0 Å². The predicted molar refractivity (Wildman–Crippen MR) is 115 cm³/mol. The van der Waals surface area contributed by atoms with E-state index in [0.717, 1.165) is 24.0 Å². The van der Waals surface area contributed by atoms with E-state index < -0.39 is 47.7 Å². The maximum absolute atomic E-state index is 12.9. The van der Waals surface area contributed by atoms with Crippen LogP contribution in [0, 0.1) is 0 Å². The SMILES string of the molecule is COC(=O)C(CCC(C(=O)OC)N1C(=O)c2ccccc2C1=O)N1C(=O)c2ccccc2C1=O. The molecule has 2 heterocycles. The molecule has 0 aromatic heterocycles. The summed E-state index contributed by atoms with van der Waals surface area (Å²) in [6.07, 6.45) is -0.489. The Morgan fingerprint density at radius 1 is 0.618 bits per heavy atom. The molecule has 4 amide bonds. The van der Waals surface area contributed by atoms with Gasteiger partial charge in [-0.25, -0.2) is 9.59 Å². The highest BCUT2D eigenvalue weighted by molar-refractivity contribution is 6.23. The van der Waals surface area contributed by atoms with Gasteiger partial charge in [-0.15, -0.1) is 0 Å². The van der Waals surface area contributed by atoms with E-state index in [2.05, 4.69) is 0 Å². The van der Waals surface area contributed by atoms with Crippen molar-refractivity contribution in [3.63, 3.8) is 0 Å². The lowest BCUT2D eigenvalue weighted by atomic mass is 10.0. The third-order valence-corrected chi connectivity index (χ3v) is 5.93. The second kappa shape index (κ2) is 8.89. The minimum Gasteiger partial charge on any atom is -0.467 e. The molecule has 10 nitrogen and oxygen atoms in total. The van der Waals surface area contributed by atoms with Gasteiger partial charge in [-0.3, -0.25) is 29.0 Å². The van der Waals surface area contributed by atoms with E-state index in [4.69, 9.17) is 9.47 Å². The Hall–Kier alpha value is -4.34. The molecule has 2 aromatic carbocycles. The third-order valence-electron chi connectivity index (χ3n) is 5.93. The number of rotatable bonds is 7. The predicted octanol–water partition coefficient (Wildman–Crippen LogP) is 1.44. The highest BCUT2D eigenvalue weighted by Gasteiger charge is 2.46. The number of esters is 2. The van der Waals surface area contributed by atoms with Gasteiger partial charge in [-0.2, -0.15) is 0 Å². The Labute approximate surface area is 194 Å². The van der Waals surface area contributed by atoms with Crippen LogP contribution in [-0.4, -0.2) is 71.7 Å². The van der Waals surface area contributed by atoms with Gasteiger partial charge in [-0.1, -0.05) is 24.3 Å². The molecule has 0 fully saturated rings. The molecule has 4 rings (SSSR count). The fraction of sp³-hybridized carbons (Fsp3) is 0.250. The quantitative estimate of drug-likeness (QED) is 0.445. The zero-order valence-corrected chi connectivity index (χ0v) is 18.3. The number of methoxy groups -OCH3 is 2. The highest BCUT2D eigenvalue weighted by Crippen LogP contribution is 2.30. The summed E-state index contributed by atoms with van der Waals surface area (Å²) in [6.45, 7) is 0. The van der Waals surface area contributed by atoms with Crippen LogP contribution >= 0.6 is 0 Å². The van der Waals surface area contributed by atoms with Gasteiger partial charge in [0.25, 0.3) is 23.6 Å². The Morgan fingerprint density at radius 2 is 0.882 bits per heavy atom. The van der Waals surface area contributed by atoms with Crippen LogP contribution in [-0.2, 0) is 19.1 Å². The zero-order chi connectivity index (χ0) is 24.6. The Kier molecular flexibility index (Phi) is 5.97. The van der Waals surface area contributed by atoms with Gasteiger partial charge < -0.3 is 9.47 Å². The van der Waals surface area contributed by atoms with Crippen molar-refractivity contribution in [1.82, 2.24) is 9.80 Å². The number of fused-ring (bicyclic) bond motifs is 2. The van der Waals surface area contributed by atoms with Crippen LogP contribution in [0.4, 0.5) is 0 Å². The van der Waals surface area contributed by atoms with E-state index in [1.165, 1.54) is 24.3 Å². The topological polar surface area (TPSA) is 127 Å². The molecule has 0 radical (unpaired) electrons. The van der Waals surface area contributed by atoms with Crippen molar-refractivity contribution in [2.45, 2.75) is 24.9 Å². The molecule has 2 aliphatic rings. The van der Waals surface area contributed by atoms with Crippen molar-refractivity contribution in [3.05, 3.63) is 70.8 Å². The molecule has 0 bridgehead atoms. The van der Waals surface area contributed by atoms with Gasteiger partial charge in [-0.05, 0) is 37.1 Å². The first-order valence-corrected chi connectivity index (χ1v) is 10.4. The lowest BCUT2D eigenvalue weighted by Gasteiger charge is -2.28. The summed E-state index contributed by atoms with van der Waals surface area (Å²) in [4.78, 5) is 78.3. The molecule has 2 unspecified atom stereocenters. The minimum absolute atomic E-state index is 0.145. The van der Waals surface area contributed by atoms with Gasteiger partial charge in [0.1, 0.15) is 12.1 Å². The zero-order valence-electron chi connectivity index (χ0n) is 18.3. The lowest BCUT2D eigenvalue weighted by molar-refractivity contribution is -0.148. The van der Waals surface area contributed by atoms with Crippen molar-refractivity contribution in [1.29, 1.82) is 0 Å². The van der Waals surface area contributed by atoms with Gasteiger partial charge in [0.2, 0.25) is 0 Å². The van der Waals surface area contributed by atoms with Crippen LogP contribution in [0.1, 0.15) is 54.3 Å². The maximum Gasteiger partial charge on any atom is 0.329 e. The molecule has 174 valence electrons. The third kappa shape index (κ3) is 3.53. The minimum atomic E-state index is -1.38.